The van der Waals surface area contributed by atoms with E-state index in [9.17, 15) is 4.79 Å². The third-order valence-electron chi connectivity index (χ3n) is 4.36. The van der Waals surface area contributed by atoms with E-state index < -0.39 is 0 Å². The summed E-state index contributed by atoms with van der Waals surface area (Å²) in [6, 6.07) is 17.5. The number of para-hydroxylation sites is 2. The Labute approximate surface area is 153 Å². The molecule has 2 aromatic rings. The monoisotopic (exact) mass is 355 g/mol. The number of carbonyl (C=O) groups excluding carboxylic acids is 1. The number of rotatable bonds is 8. The zero-order valence-corrected chi connectivity index (χ0v) is 14.9. The van der Waals surface area contributed by atoms with Crippen LogP contribution in [0.2, 0.25) is 0 Å². The molecule has 2 unspecified atom stereocenters. The molecule has 1 amide bonds. The first-order valence-electron chi connectivity index (χ1n) is 8.85. The van der Waals surface area contributed by atoms with Crippen LogP contribution in [-0.4, -0.2) is 38.3 Å². The second-order valence-electron chi connectivity index (χ2n) is 6.26. The zero-order chi connectivity index (χ0) is 18.2. The van der Waals surface area contributed by atoms with E-state index in [1.807, 2.05) is 42.5 Å². The fourth-order valence-corrected chi connectivity index (χ4v) is 2.93. The molecule has 0 saturated carbocycles. The molecular formula is C20H25N3O3. The van der Waals surface area contributed by atoms with Gasteiger partial charge in [0.05, 0.1) is 13.2 Å². The van der Waals surface area contributed by atoms with E-state index in [0.717, 1.165) is 6.42 Å². The van der Waals surface area contributed by atoms with Gasteiger partial charge in [0.25, 0.3) is 0 Å². The SMILES string of the molecule is COc1ccccc1OCC1CC(C(=O)NCCc2ccccc2)NN1. The van der Waals surface area contributed by atoms with Crippen LogP contribution in [0.1, 0.15) is 12.0 Å². The number of methoxy groups -OCH3 is 1. The molecule has 3 N–H and O–H groups in total. The summed E-state index contributed by atoms with van der Waals surface area (Å²) in [6.07, 6.45) is 1.50. The smallest absolute Gasteiger partial charge is 0.238 e. The molecule has 2 aromatic carbocycles. The first-order chi connectivity index (χ1) is 12.8. The van der Waals surface area contributed by atoms with Gasteiger partial charge >= 0.3 is 0 Å². The van der Waals surface area contributed by atoms with Crippen molar-refractivity contribution in [1.82, 2.24) is 16.2 Å². The summed E-state index contributed by atoms with van der Waals surface area (Å²) >= 11 is 0. The summed E-state index contributed by atoms with van der Waals surface area (Å²) in [5.74, 6) is 1.41. The van der Waals surface area contributed by atoms with Gasteiger partial charge in [0.1, 0.15) is 12.6 Å². The Bertz CT molecular complexity index is 708. The molecule has 1 aliphatic heterocycles. The van der Waals surface area contributed by atoms with E-state index >= 15 is 0 Å². The molecular weight excluding hydrogens is 330 g/mol. The highest BCUT2D eigenvalue weighted by molar-refractivity contribution is 5.82. The molecule has 1 heterocycles. The lowest BCUT2D eigenvalue weighted by Crippen LogP contribution is -2.44. The maximum atomic E-state index is 12.3. The van der Waals surface area contributed by atoms with E-state index in [1.54, 1.807) is 7.11 Å². The predicted molar refractivity (Wildman–Crippen MR) is 100 cm³/mol. The molecule has 0 radical (unpaired) electrons. The van der Waals surface area contributed by atoms with Crippen LogP contribution in [0.5, 0.6) is 11.5 Å². The lowest BCUT2D eigenvalue weighted by atomic mass is 10.1. The van der Waals surface area contributed by atoms with Crippen molar-refractivity contribution in [1.29, 1.82) is 0 Å². The summed E-state index contributed by atoms with van der Waals surface area (Å²) in [7, 11) is 1.62. The van der Waals surface area contributed by atoms with Crippen LogP contribution in [-0.2, 0) is 11.2 Å². The van der Waals surface area contributed by atoms with Crippen LogP contribution in [0.3, 0.4) is 0 Å². The van der Waals surface area contributed by atoms with Gasteiger partial charge in [-0.3, -0.25) is 10.2 Å². The van der Waals surface area contributed by atoms with Crippen molar-refractivity contribution in [3.05, 3.63) is 60.2 Å². The van der Waals surface area contributed by atoms with Gasteiger partial charge in [0.2, 0.25) is 5.91 Å². The second-order valence-corrected chi connectivity index (χ2v) is 6.26. The highest BCUT2D eigenvalue weighted by Crippen LogP contribution is 2.26. The van der Waals surface area contributed by atoms with Crippen LogP contribution in [0.15, 0.2) is 54.6 Å². The molecule has 0 aromatic heterocycles. The fourth-order valence-electron chi connectivity index (χ4n) is 2.93. The number of benzene rings is 2. The zero-order valence-electron chi connectivity index (χ0n) is 14.9. The first-order valence-corrected chi connectivity index (χ1v) is 8.85. The third kappa shape index (κ3) is 4.97. The third-order valence-corrected chi connectivity index (χ3v) is 4.36. The summed E-state index contributed by atoms with van der Waals surface area (Å²) in [4.78, 5) is 12.3. The molecule has 2 atom stereocenters. The Morgan fingerprint density at radius 2 is 1.81 bits per heavy atom. The van der Waals surface area contributed by atoms with E-state index in [1.165, 1.54) is 5.56 Å². The highest BCUT2D eigenvalue weighted by atomic mass is 16.5. The molecule has 3 rings (SSSR count). The summed E-state index contributed by atoms with van der Waals surface area (Å²) in [5.41, 5.74) is 7.39. The Kier molecular flexibility index (Phi) is 6.46. The molecule has 1 aliphatic rings. The maximum Gasteiger partial charge on any atom is 0.238 e. The van der Waals surface area contributed by atoms with Gasteiger partial charge in [-0.05, 0) is 30.5 Å². The number of amides is 1. The Balaban J connectivity index is 1.39. The molecule has 0 spiro atoms. The second kappa shape index (κ2) is 9.22. The van der Waals surface area contributed by atoms with Gasteiger partial charge in [-0.1, -0.05) is 42.5 Å². The molecule has 6 heteroatoms. The molecule has 0 bridgehead atoms. The number of ether oxygens (including phenoxy) is 2. The van der Waals surface area contributed by atoms with Crippen LogP contribution >= 0.6 is 0 Å². The Hall–Kier alpha value is -2.57. The predicted octanol–water partition coefficient (Wildman–Crippen LogP) is 1.67. The lowest BCUT2D eigenvalue weighted by molar-refractivity contribution is -0.122. The topological polar surface area (TPSA) is 71.6 Å². The van der Waals surface area contributed by atoms with Gasteiger partial charge in [0, 0.05) is 6.54 Å². The highest BCUT2D eigenvalue weighted by Gasteiger charge is 2.29. The first kappa shape index (κ1) is 18.2. The number of hydrazine groups is 1. The standard InChI is InChI=1S/C20H25N3O3/c1-25-18-9-5-6-10-19(18)26-14-16-13-17(23-22-16)20(24)21-12-11-15-7-3-2-4-8-15/h2-10,16-17,22-23H,11-14H2,1H3,(H,21,24). The van der Waals surface area contributed by atoms with Gasteiger partial charge in [0.15, 0.2) is 11.5 Å². The van der Waals surface area contributed by atoms with Crippen LogP contribution in [0, 0.1) is 0 Å². The van der Waals surface area contributed by atoms with Gasteiger partial charge in [-0.25, -0.2) is 5.43 Å². The maximum absolute atomic E-state index is 12.3. The summed E-state index contributed by atoms with van der Waals surface area (Å²) in [6.45, 7) is 1.09. The molecule has 26 heavy (non-hydrogen) atoms. The molecule has 138 valence electrons. The normalized spacial score (nSPS) is 19.1. The number of hydrogen-bond acceptors (Lipinski definition) is 5. The van der Waals surface area contributed by atoms with Gasteiger partial charge in [-0.2, -0.15) is 0 Å². The quantitative estimate of drug-likeness (QED) is 0.672. The molecule has 1 fully saturated rings. The molecule has 0 aliphatic carbocycles. The van der Waals surface area contributed by atoms with Crippen molar-refractivity contribution in [2.45, 2.75) is 24.9 Å². The number of nitrogens with one attached hydrogen (secondary N) is 3. The van der Waals surface area contributed by atoms with Gasteiger partial charge < -0.3 is 14.8 Å². The number of carbonyl (C=O) groups is 1. The molecule has 6 nitrogen and oxygen atoms in total. The largest absolute Gasteiger partial charge is 0.493 e. The van der Waals surface area contributed by atoms with Gasteiger partial charge in [-0.15, -0.1) is 0 Å². The van der Waals surface area contributed by atoms with E-state index in [2.05, 4.69) is 28.3 Å². The van der Waals surface area contributed by atoms with Crippen molar-refractivity contribution in [2.75, 3.05) is 20.3 Å². The minimum absolute atomic E-state index is 0.00761. The minimum atomic E-state index is -0.253. The number of hydrogen-bond donors (Lipinski definition) is 3. The molecule has 1 saturated heterocycles. The van der Waals surface area contributed by atoms with Crippen molar-refractivity contribution < 1.29 is 14.3 Å². The van der Waals surface area contributed by atoms with Crippen LogP contribution in [0.4, 0.5) is 0 Å². The van der Waals surface area contributed by atoms with E-state index in [4.69, 9.17) is 9.47 Å². The fraction of sp³-hybridized carbons (Fsp3) is 0.350. The van der Waals surface area contributed by atoms with E-state index in [-0.39, 0.29) is 18.0 Å². The summed E-state index contributed by atoms with van der Waals surface area (Å²) in [5, 5.41) is 2.98. The Morgan fingerprint density at radius 1 is 1.08 bits per heavy atom. The van der Waals surface area contributed by atoms with Crippen molar-refractivity contribution in [3.8, 4) is 11.5 Å². The van der Waals surface area contributed by atoms with Crippen molar-refractivity contribution in [2.24, 2.45) is 0 Å². The average molecular weight is 355 g/mol. The van der Waals surface area contributed by atoms with Crippen molar-refractivity contribution in [3.63, 3.8) is 0 Å². The van der Waals surface area contributed by atoms with E-state index in [0.29, 0.717) is 31.1 Å². The van der Waals surface area contributed by atoms with Crippen LogP contribution in [0.25, 0.3) is 0 Å². The van der Waals surface area contributed by atoms with Crippen LogP contribution < -0.4 is 25.6 Å². The lowest BCUT2D eigenvalue weighted by Gasteiger charge is -2.14. The minimum Gasteiger partial charge on any atom is -0.493 e. The van der Waals surface area contributed by atoms with Crippen molar-refractivity contribution >= 4 is 5.91 Å². The Morgan fingerprint density at radius 3 is 2.58 bits per heavy atom. The summed E-state index contributed by atoms with van der Waals surface area (Å²) < 4.78 is 11.1. The average Bonchev–Trinajstić information content (AvgIpc) is 3.16.